The fraction of sp³-hybridized carbons (Fsp3) is 0.0909. The van der Waals surface area contributed by atoms with E-state index in [0.717, 1.165) is 11.8 Å². The van der Waals surface area contributed by atoms with Crippen molar-refractivity contribution < 1.29 is 17.6 Å². The molecule has 6 nitrogen and oxygen atoms in total. The number of aryl methyl sites for hydroxylation is 1. The van der Waals surface area contributed by atoms with Crippen LogP contribution in [0.3, 0.4) is 0 Å². The van der Waals surface area contributed by atoms with E-state index in [1.165, 1.54) is 12.1 Å². The van der Waals surface area contributed by atoms with Crippen LogP contribution in [0.1, 0.15) is 21.5 Å². The summed E-state index contributed by atoms with van der Waals surface area (Å²) in [5, 5.41) is 0.600. The van der Waals surface area contributed by atoms with Crippen LogP contribution >= 0.6 is 0 Å². The molecule has 2 heterocycles. The Balaban J connectivity index is 1.78. The van der Waals surface area contributed by atoms with Crippen LogP contribution in [0, 0.1) is 12.7 Å². The van der Waals surface area contributed by atoms with E-state index in [9.17, 15) is 17.6 Å². The summed E-state index contributed by atoms with van der Waals surface area (Å²) < 4.78 is 39.1. The average Bonchev–Trinajstić information content (AvgIpc) is 3.11. The zero-order valence-electron chi connectivity index (χ0n) is 16.2. The summed E-state index contributed by atoms with van der Waals surface area (Å²) in [6.45, 7) is 1.76. The SMILES string of the molecule is Cc1ccc(F)cc1C(=O)c1c[nH]c2ncc(-c3cccc(NS(C)(=O)=O)c3)cc12. The molecule has 2 aromatic carbocycles. The number of carbonyl (C=O) groups excluding carboxylic acids is 1. The van der Waals surface area contributed by atoms with Gasteiger partial charge in [0.15, 0.2) is 5.78 Å². The maximum atomic E-state index is 13.7. The number of H-pyrrole nitrogens is 1. The third-order valence-corrected chi connectivity index (χ3v) is 5.33. The van der Waals surface area contributed by atoms with E-state index < -0.39 is 15.8 Å². The number of nitrogens with zero attached hydrogens (tertiary/aromatic N) is 1. The Labute approximate surface area is 172 Å². The number of halogens is 1. The van der Waals surface area contributed by atoms with Crippen LogP contribution in [0.25, 0.3) is 22.2 Å². The highest BCUT2D eigenvalue weighted by molar-refractivity contribution is 7.92. The summed E-state index contributed by atoms with van der Waals surface area (Å²) in [5.74, 6) is -0.775. The number of carbonyl (C=O) groups is 1. The summed E-state index contributed by atoms with van der Waals surface area (Å²) in [7, 11) is -3.40. The molecule has 0 amide bonds. The molecule has 0 aliphatic rings. The minimum Gasteiger partial charge on any atom is -0.345 e. The quantitative estimate of drug-likeness (QED) is 0.469. The average molecular weight is 423 g/mol. The number of benzene rings is 2. The Bertz CT molecular complexity index is 1390. The van der Waals surface area contributed by atoms with Crippen molar-refractivity contribution in [2.45, 2.75) is 6.92 Å². The molecular formula is C22H18FN3O3S. The lowest BCUT2D eigenvalue weighted by atomic mass is 9.98. The Kier molecular flexibility index (Phi) is 4.87. The van der Waals surface area contributed by atoms with Crippen molar-refractivity contribution in [1.82, 2.24) is 9.97 Å². The van der Waals surface area contributed by atoms with Gasteiger partial charge in [0.25, 0.3) is 0 Å². The molecule has 0 aliphatic heterocycles. The standard InChI is InChI=1S/C22H18FN3O3S/c1-13-6-7-16(23)10-18(13)21(27)20-12-25-22-19(20)9-15(11-24-22)14-4-3-5-17(8-14)26-30(2,28)29/h3-12,26H,1-2H3,(H,24,25). The molecule has 0 saturated heterocycles. The molecular weight excluding hydrogens is 405 g/mol. The molecule has 0 saturated carbocycles. The van der Waals surface area contributed by atoms with Crippen molar-refractivity contribution in [3.05, 3.63) is 83.4 Å². The number of fused-ring (bicyclic) bond motifs is 1. The summed E-state index contributed by atoms with van der Waals surface area (Å²) in [6.07, 6.45) is 4.29. The van der Waals surface area contributed by atoms with Gasteiger partial charge in [-0.2, -0.15) is 0 Å². The van der Waals surface area contributed by atoms with Gasteiger partial charge in [-0.05, 0) is 48.4 Å². The molecule has 4 aromatic rings. The van der Waals surface area contributed by atoms with Gasteiger partial charge in [-0.15, -0.1) is 0 Å². The lowest BCUT2D eigenvalue weighted by molar-refractivity contribution is 0.103. The van der Waals surface area contributed by atoms with Crippen molar-refractivity contribution in [3.8, 4) is 11.1 Å². The van der Waals surface area contributed by atoms with Gasteiger partial charge in [-0.3, -0.25) is 9.52 Å². The van der Waals surface area contributed by atoms with Gasteiger partial charge < -0.3 is 4.98 Å². The smallest absolute Gasteiger partial charge is 0.229 e. The maximum Gasteiger partial charge on any atom is 0.229 e. The van der Waals surface area contributed by atoms with Gasteiger partial charge in [0, 0.05) is 40.2 Å². The molecule has 8 heteroatoms. The lowest BCUT2D eigenvalue weighted by Gasteiger charge is -2.08. The molecule has 0 aliphatic carbocycles. The van der Waals surface area contributed by atoms with E-state index in [2.05, 4.69) is 14.7 Å². The van der Waals surface area contributed by atoms with E-state index in [4.69, 9.17) is 0 Å². The fourth-order valence-corrected chi connectivity index (χ4v) is 3.86. The molecule has 152 valence electrons. The zero-order chi connectivity index (χ0) is 21.5. The van der Waals surface area contributed by atoms with Crippen LogP contribution < -0.4 is 4.72 Å². The molecule has 0 spiro atoms. The van der Waals surface area contributed by atoms with E-state index >= 15 is 0 Å². The predicted molar refractivity (Wildman–Crippen MR) is 115 cm³/mol. The first kappa shape index (κ1) is 19.8. The van der Waals surface area contributed by atoms with Crippen LogP contribution in [-0.2, 0) is 10.0 Å². The first-order valence-electron chi connectivity index (χ1n) is 9.07. The topological polar surface area (TPSA) is 91.9 Å². The van der Waals surface area contributed by atoms with Gasteiger partial charge >= 0.3 is 0 Å². The normalized spacial score (nSPS) is 11.6. The van der Waals surface area contributed by atoms with Crippen LogP contribution in [0.4, 0.5) is 10.1 Å². The molecule has 4 rings (SSSR count). The minimum atomic E-state index is -3.40. The zero-order valence-corrected chi connectivity index (χ0v) is 17.0. The molecule has 2 N–H and O–H groups in total. The second-order valence-corrected chi connectivity index (χ2v) is 8.81. The maximum absolute atomic E-state index is 13.7. The van der Waals surface area contributed by atoms with Crippen LogP contribution in [0.2, 0.25) is 0 Å². The minimum absolute atomic E-state index is 0.292. The Morgan fingerprint density at radius 2 is 1.87 bits per heavy atom. The number of nitrogens with one attached hydrogen (secondary N) is 2. The highest BCUT2D eigenvalue weighted by atomic mass is 32.2. The summed E-state index contributed by atoms with van der Waals surface area (Å²) >= 11 is 0. The Morgan fingerprint density at radius 3 is 2.63 bits per heavy atom. The number of hydrogen-bond acceptors (Lipinski definition) is 4. The number of pyridine rings is 1. The molecule has 2 aromatic heterocycles. The molecule has 0 atom stereocenters. The number of ketones is 1. The number of anilines is 1. The molecule has 0 fully saturated rings. The number of aromatic nitrogens is 2. The second kappa shape index (κ2) is 7.38. The predicted octanol–water partition coefficient (Wildman–Crippen LogP) is 4.28. The first-order valence-corrected chi connectivity index (χ1v) is 11.0. The van der Waals surface area contributed by atoms with Crippen LogP contribution in [-0.4, -0.2) is 30.4 Å². The third kappa shape index (κ3) is 3.95. The molecule has 30 heavy (non-hydrogen) atoms. The highest BCUT2D eigenvalue weighted by Gasteiger charge is 2.18. The van der Waals surface area contributed by atoms with E-state index in [0.29, 0.717) is 39.0 Å². The van der Waals surface area contributed by atoms with Crippen molar-refractivity contribution in [2.75, 3.05) is 11.0 Å². The van der Waals surface area contributed by atoms with Gasteiger partial charge in [0.1, 0.15) is 11.5 Å². The lowest BCUT2D eigenvalue weighted by Crippen LogP contribution is -2.09. The van der Waals surface area contributed by atoms with Gasteiger partial charge in [0.2, 0.25) is 10.0 Å². The Hall–Kier alpha value is -3.52. The number of rotatable bonds is 5. The van der Waals surface area contributed by atoms with Gasteiger partial charge in [-0.25, -0.2) is 17.8 Å². The van der Waals surface area contributed by atoms with Gasteiger partial charge in [0.05, 0.1) is 6.26 Å². The van der Waals surface area contributed by atoms with Gasteiger partial charge in [-0.1, -0.05) is 18.2 Å². The number of hydrogen-bond donors (Lipinski definition) is 2. The summed E-state index contributed by atoms with van der Waals surface area (Å²) in [5.41, 5.74) is 3.76. The third-order valence-electron chi connectivity index (χ3n) is 4.72. The van der Waals surface area contributed by atoms with Crippen LogP contribution in [0.15, 0.2) is 60.9 Å². The van der Waals surface area contributed by atoms with Crippen molar-refractivity contribution in [3.63, 3.8) is 0 Å². The van der Waals surface area contributed by atoms with E-state index in [1.54, 1.807) is 49.6 Å². The van der Waals surface area contributed by atoms with Crippen molar-refractivity contribution in [2.24, 2.45) is 0 Å². The first-order chi connectivity index (χ1) is 14.2. The van der Waals surface area contributed by atoms with Crippen molar-refractivity contribution >= 4 is 32.5 Å². The summed E-state index contributed by atoms with van der Waals surface area (Å²) in [6, 6.07) is 12.8. The Morgan fingerprint density at radius 1 is 1.07 bits per heavy atom. The van der Waals surface area contributed by atoms with E-state index in [-0.39, 0.29) is 5.78 Å². The summed E-state index contributed by atoms with van der Waals surface area (Å²) in [4.78, 5) is 20.4. The highest BCUT2D eigenvalue weighted by Crippen LogP contribution is 2.28. The van der Waals surface area contributed by atoms with E-state index in [1.807, 2.05) is 6.07 Å². The monoisotopic (exact) mass is 423 g/mol. The largest absolute Gasteiger partial charge is 0.345 e. The molecule has 0 bridgehead atoms. The van der Waals surface area contributed by atoms with Crippen LogP contribution in [0.5, 0.6) is 0 Å². The number of aromatic amines is 1. The molecule has 0 unspecified atom stereocenters. The van der Waals surface area contributed by atoms with Crippen molar-refractivity contribution in [1.29, 1.82) is 0 Å². The fourth-order valence-electron chi connectivity index (χ4n) is 3.31. The molecule has 0 radical (unpaired) electrons. The second-order valence-electron chi connectivity index (χ2n) is 7.07. The number of sulfonamides is 1.